The Morgan fingerprint density at radius 1 is 1.58 bits per heavy atom. The number of rotatable bonds is 3. The normalized spacial score (nSPS) is 25.5. The second-order valence-electron chi connectivity index (χ2n) is 5.81. The number of nitro groups is 1. The van der Waals surface area contributed by atoms with Gasteiger partial charge < -0.3 is 9.84 Å². The first-order chi connectivity index (χ1) is 11.5. The summed E-state index contributed by atoms with van der Waals surface area (Å²) in [6.07, 6.45) is 1.42. The van der Waals surface area contributed by atoms with Gasteiger partial charge in [0.1, 0.15) is 5.75 Å². The third kappa shape index (κ3) is 2.79. The molecule has 8 nitrogen and oxygen atoms in total. The molecule has 3 rings (SSSR count). The molecule has 128 valence electrons. The van der Waals surface area contributed by atoms with E-state index in [2.05, 4.69) is 10.3 Å². The SMILES string of the molecule is COc1ccc([N+](=O)[O-])cc1[C@]12CCC[C@H]1CSC(NC(=O)O)=N2. The van der Waals surface area contributed by atoms with E-state index in [-0.39, 0.29) is 11.6 Å². The Bertz CT molecular complexity index is 723. The molecule has 9 heteroatoms. The van der Waals surface area contributed by atoms with Gasteiger partial charge in [0.15, 0.2) is 5.17 Å². The van der Waals surface area contributed by atoms with E-state index in [1.807, 2.05) is 0 Å². The maximum atomic E-state index is 11.2. The summed E-state index contributed by atoms with van der Waals surface area (Å²) in [5, 5.41) is 22.8. The van der Waals surface area contributed by atoms with Crippen molar-refractivity contribution in [3.63, 3.8) is 0 Å². The zero-order valence-corrected chi connectivity index (χ0v) is 13.8. The third-order valence-corrected chi connectivity index (χ3v) is 5.62. The van der Waals surface area contributed by atoms with Gasteiger partial charge in [-0.25, -0.2) is 4.79 Å². The number of ether oxygens (including phenoxy) is 1. The van der Waals surface area contributed by atoms with Crippen molar-refractivity contribution in [3.8, 4) is 5.75 Å². The summed E-state index contributed by atoms with van der Waals surface area (Å²) in [6.45, 7) is 0. The van der Waals surface area contributed by atoms with Crippen LogP contribution in [0.2, 0.25) is 0 Å². The fourth-order valence-corrected chi connectivity index (χ4v) is 4.73. The van der Waals surface area contributed by atoms with Gasteiger partial charge in [-0.1, -0.05) is 18.2 Å². The van der Waals surface area contributed by atoms with Crippen LogP contribution in [0.3, 0.4) is 0 Å². The lowest BCUT2D eigenvalue weighted by molar-refractivity contribution is -0.385. The van der Waals surface area contributed by atoms with E-state index in [0.717, 1.165) is 12.8 Å². The Morgan fingerprint density at radius 2 is 2.38 bits per heavy atom. The average Bonchev–Trinajstić information content (AvgIpc) is 2.97. The van der Waals surface area contributed by atoms with Gasteiger partial charge in [-0.05, 0) is 24.8 Å². The molecule has 2 aliphatic rings. The fourth-order valence-electron chi connectivity index (χ4n) is 3.54. The molecule has 1 aromatic rings. The fraction of sp³-hybridized carbons (Fsp3) is 0.467. The second-order valence-corrected chi connectivity index (χ2v) is 6.82. The monoisotopic (exact) mass is 351 g/mol. The number of non-ortho nitro benzene ring substituents is 1. The molecule has 0 bridgehead atoms. The molecule has 1 aliphatic heterocycles. The van der Waals surface area contributed by atoms with Gasteiger partial charge in [-0.15, -0.1) is 0 Å². The first kappa shape index (κ1) is 16.6. The maximum Gasteiger partial charge on any atom is 0.410 e. The van der Waals surface area contributed by atoms with Gasteiger partial charge in [-0.3, -0.25) is 20.4 Å². The highest BCUT2D eigenvalue weighted by molar-refractivity contribution is 8.13. The highest BCUT2D eigenvalue weighted by Gasteiger charge is 2.49. The van der Waals surface area contributed by atoms with Gasteiger partial charge in [-0.2, -0.15) is 0 Å². The van der Waals surface area contributed by atoms with Gasteiger partial charge >= 0.3 is 6.09 Å². The first-order valence-corrected chi connectivity index (χ1v) is 8.50. The van der Waals surface area contributed by atoms with E-state index in [0.29, 0.717) is 28.7 Å². The molecule has 0 radical (unpaired) electrons. The predicted molar refractivity (Wildman–Crippen MR) is 89.7 cm³/mol. The van der Waals surface area contributed by atoms with Crippen LogP contribution in [0.15, 0.2) is 23.2 Å². The Kier molecular flexibility index (Phi) is 4.35. The molecule has 1 amide bonds. The number of hydrogen-bond donors (Lipinski definition) is 2. The number of nitro benzene ring substituents is 1. The molecule has 2 N–H and O–H groups in total. The number of aliphatic imine (C=N–C) groups is 1. The van der Waals surface area contributed by atoms with Crippen molar-refractivity contribution in [1.29, 1.82) is 0 Å². The zero-order chi connectivity index (χ0) is 17.3. The number of carboxylic acid groups (broad SMARTS) is 1. The number of nitrogens with one attached hydrogen (secondary N) is 1. The molecule has 0 spiro atoms. The molecule has 0 unspecified atom stereocenters. The topological polar surface area (TPSA) is 114 Å². The quantitative estimate of drug-likeness (QED) is 0.639. The molecule has 0 saturated heterocycles. The van der Waals surface area contributed by atoms with E-state index >= 15 is 0 Å². The lowest BCUT2D eigenvalue weighted by Crippen LogP contribution is -2.39. The van der Waals surface area contributed by atoms with Crippen LogP contribution < -0.4 is 10.1 Å². The van der Waals surface area contributed by atoms with E-state index in [4.69, 9.17) is 9.84 Å². The van der Waals surface area contributed by atoms with Gasteiger partial charge in [0.2, 0.25) is 0 Å². The summed E-state index contributed by atoms with van der Waals surface area (Å²) in [7, 11) is 1.52. The van der Waals surface area contributed by atoms with Crippen LogP contribution in [0.4, 0.5) is 10.5 Å². The summed E-state index contributed by atoms with van der Waals surface area (Å²) in [5.74, 6) is 1.45. The molecule has 24 heavy (non-hydrogen) atoms. The largest absolute Gasteiger partial charge is 0.496 e. The summed E-state index contributed by atoms with van der Waals surface area (Å²) in [6, 6.07) is 4.49. The van der Waals surface area contributed by atoms with Crippen molar-refractivity contribution in [3.05, 3.63) is 33.9 Å². The van der Waals surface area contributed by atoms with E-state index in [1.165, 1.54) is 31.0 Å². The first-order valence-electron chi connectivity index (χ1n) is 7.52. The number of amides is 1. The van der Waals surface area contributed by atoms with Crippen LogP contribution in [-0.4, -0.2) is 34.2 Å². The van der Waals surface area contributed by atoms with Crippen molar-refractivity contribution in [2.24, 2.45) is 10.9 Å². The standard InChI is InChI=1S/C15H17N3O5S/c1-23-12-5-4-10(18(21)22)7-11(12)15-6-2-3-9(15)8-24-13(17-15)16-14(19)20/h4-5,7,9H,2-3,6,8H2,1H3,(H,16,17)(H,19,20)/t9-,15-/m0/s1. The van der Waals surface area contributed by atoms with Gasteiger partial charge in [0.05, 0.1) is 17.6 Å². The van der Waals surface area contributed by atoms with E-state index in [1.54, 1.807) is 6.07 Å². The van der Waals surface area contributed by atoms with Gasteiger partial charge in [0, 0.05) is 23.4 Å². The number of fused-ring (bicyclic) bond motifs is 1. The van der Waals surface area contributed by atoms with Crippen molar-refractivity contribution >= 4 is 28.7 Å². The smallest absolute Gasteiger partial charge is 0.410 e. The average molecular weight is 351 g/mol. The molecular formula is C15H17N3O5S. The highest BCUT2D eigenvalue weighted by atomic mass is 32.2. The van der Waals surface area contributed by atoms with Crippen molar-refractivity contribution in [2.75, 3.05) is 12.9 Å². The summed E-state index contributed by atoms with van der Waals surface area (Å²) in [4.78, 5) is 26.4. The van der Waals surface area contributed by atoms with Crippen LogP contribution in [0.5, 0.6) is 5.75 Å². The van der Waals surface area contributed by atoms with Crippen LogP contribution in [-0.2, 0) is 5.54 Å². The number of amidine groups is 1. The number of carbonyl (C=O) groups is 1. The lowest BCUT2D eigenvalue weighted by Gasteiger charge is -2.37. The lowest BCUT2D eigenvalue weighted by atomic mass is 9.81. The van der Waals surface area contributed by atoms with Crippen molar-refractivity contribution < 1.29 is 19.6 Å². The summed E-state index contributed by atoms with van der Waals surface area (Å²) >= 11 is 1.37. The van der Waals surface area contributed by atoms with Crippen LogP contribution >= 0.6 is 11.8 Å². The number of methoxy groups -OCH3 is 1. The minimum absolute atomic E-state index is 0.0213. The molecule has 2 atom stereocenters. The van der Waals surface area contributed by atoms with E-state index < -0.39 is 16.6 Å². The molecule has 1 saturated carbocycles. The Labute approximate surface area is 142 Å². The molecule has 1 aliphatic carbocycles. The van der Waals surface area contributed by atoms with Crippen molar-refractivity contribution in [1.82, 2.24) is 5.32 Å². The van der Waals surface area contributed by atoms with Gasteiger partial charge in [0.25, 0.3) is 5.69 Å². The minimum Gasteiger partial charge on any atom is -0.496 e. The number of benzene rings is 1. The van der Waals surface area contributed by atoms with Crippen LogP contribution in [0, 0.1) is 16.0 Å². The van der Waals surface area contributed by atoms with Crippen molar-refractivity contribution in [2.45, 2.75) is 24.8 Å². The van der Waals surface area contributed by atoms with Crippen LogP contribution in [0.25, 0.3) is 0 Å². The molecule has 1 heterocycles. The Balaban J connectivity index is 2.14. The highest BCUT2D eigenvalue weighted by Crippen LogP contribution is 2.53. The number of hydrogen-bond acceptors (Lipinski definition) is 6. The summed E-state index contributed by atoms with van der Waals surface area (Å²) < 4.78 is 5.42. The number of thioether (sulfide) groups is 1. The molecule has 1 aromatic carbocycles. The minimum atomic E-state index is -1.17. The predicted octanol–water partition coefficient (Wildman–Crippen LogP) is 2.97. The Hall–Kier alpha value is -2.29. The Morgan fingerprint density at radius 3 is 3.04 bits per heavy atom. The molecule has 0 aromatic heterocycles. The van der Waals surface area contributed by atoms with Crippen LogP contribution in [0.1, 0.15) is 24.8 Å². The third-order valence-electron chi connectivity index (χ3n) is 4.58. The zero-order valence-electron chi connectivity index (χ0n) is 13.0. The molecular weight excluding hydrogens is 334 g/mol. The van der Waals surface area contributed by atoms with E-state index in [9.17, 15) is 14.9 Å². The second kappa shape index (κ2) is 6.31. The maximum absolute atomic E-state index is 11.2. The molecule has 1 fully saturated rings. The summed E-state index contributed by atoms with van der Waals surface area (Å²) in [5.41, 5.74) is -0.0425. The number of nitrogens with zero attached hydrogens (tertiary/aromatic N) is 2.